The zero-order chi connectivity index (χ0) is 22.3. The van der Waals surface area contributed by atoms with Crippen molar-refractivity contribution < 1.29 is 14.3 Å². The average molecular weight is 444 g/mol. The summed E-state index contributed by atoms with van der Waals surface area (Å²) in [7, 11) is 0. The number of thiophene rings is 1. The molecule has 0 aliphatic carbocycles. The Morgan fingerprint density at radius 1 is 0.938 bits per heavy atom. The molecule has 0 aliphatic rings. The molecule has 0 spiro atoms. The Morgan fingerprint density at radius 2 is 1.78 bits per heavy atom. The maximum atomic E-state index is 12.2. The molecule has 6 nitrogen and oxygen atoms in total. The summed E-state index contributed by atoms with van der Waals surface area (Å²) in [6, 6.07) is 24.5. The average Bonchev–Trinajstić information content (AvgIpc) is 3.36. The molecule has 4 aromatic rings. The summed E-state index contributed by atoms with van der Waals surface area (Å²) in [5.41, 5.74) is 4.55. The first kappa shape index (κ1) is 21.3. The van der Waals surface area contributed by atoms with Crippen LogP contribution in [0, 0.1) is 0 Å². The van der Waals surface area contributed by atoms with Crippen molar-refractivity contribution in [3.05, 3.63) is 94.7 Å². The number of nitrogens with zero attached hydrogens (tertiary/aromatic N) is 1. The van der Waals surface area contributed by atoms with Crippen LogP contribution in [0.25, 0.3) is 10.8 Å². The molecule has 7 heteroatoms. The Balaban J connectivity index is 1.33. The minimum absolute atomic E-state index is 0.147. The lowest BCUT2D eigenvalue weighted by Gasteiger charge is -2.08. The first-order chi connectivity index (χ1) is 15.6. The number of benzene rings is 3. The number of carbonyl (C=O) groups is 2. The summed E-state index contributed by atoms with van der Waals surface area (Å²) in [5, 5.41) is 11.0. The Bertz CT molecular complexity index is 1280. The molecule has 2 N–H and O–H groups in total. The van der Waals surface area contributed by atoms with Crippen LogP contribution in [0.15, 0.2) is 89.3 Å². The molecule has 0 unspecified atom stereocenters. The summed E-state index contributed by atoms with van der Waals surface area (Å²) in [6.07, 6.45) is 0. The van der Waals surface area contributed by atoms with Crippen molar-refractivity contribution in [2.45, 2.75) is 6.92 Å². The zero-order valence-corrected chi connectivity index (χ0v) is 18.2. The number of hydrogen-bond donors (Lipinski definition) is 2. The highest BCUT2D eigenvalue weighted by molar-refractivity contribution is 7.12. The second-order valence-electron chi connectivity index (χ2n) is 7.04. The molecule has 3 aromatic carbocycles. The van der Waals surface area contributed by atoms with E-state index in [4.69, 9.17) is 4.74 Å². The van der Waals surface area contributed by atoms with Crippen molar-refractivity contribution >= 4 is 45.3 Å². The quantitative estimate of drug-likeness (QED) is 0.309. The van der Waals surface area contributed by atoms with Gasteiger partial charge in [0.15, 0.2) is 6.61 Å². The van der Waals surface area contributed by atoms with E-state index in [-0.39, 0.29) is 18.4 Å². The monoisotopic (exact) mass is 443 g/mol. The van der Waals surface area contributed by atoms with Gasteiger partial charge in [-0.25, -0.2) is 5.43 Å². The van der Waals surface area contributed by atoms with Gasteiger partial charge in [-0.3, -0.25) is 9.59 Å². The summed E-state index contributed by atoms with van der Waals surface area (Å²) >= 11 is 1.38. The predicted octanol–water partition coefficient (Wildman–Crippen LogP) is 5.07. The van der Waals surface area contributed by atoms with Gasteiger partial charge < -0.3 is 10.1 Å². The van der Waals surface area contributed by atoms with E-state index in [1.54, 1.807) is 19.1 Å². The lowest BCUT2D eigenvalue weighted by molar-refractivity contribution is -0.123. The molecule has 0 fully saturated rings. The van der Waals surface area contributed by atoms with Gasteiger partial charge >= 0.3 is 0 Å². The van der Waals surface area contributed by atoms with E-state index in [0.717, 1.165) is 16.3 Å². The number of rotatable bonds is 7. The van der Waals surface area contributed by atoms with Crippen LogP contribution in [0.4, 0.5) is 5.69 Å². The van der Waals surface area contributed by atoms with Crippen LogP contribution in [0.3, 0.4) is 0 Å². The molecule has 0 saturated carbocycles. The van der Waals surface area contributed by atoms with Crippen molar-refractivity contribution in [3.8, 4) is 5.75 Å². The van der Waals surface area contributed by atoms with Crippen LogP contribution in [0.1, 0.15) is 22.2 Å². The van der Waals surface area contributed by atoms with Crippen molar-refractivity contribution in [1.29, 1.82) is 0 Å². The highest BCUT2D eigenvalue weighted by Crippen LogP contribution is 2.20. The SMILES string of the molecule is CC(=NNC(=O)COc1ccc2ccccc2c1)c1cccc(NC(=O)c2cccs2)c1. The molecular weight excluding hydrogens is 422 g/mol. The summed E-state index contributed by atoms with van der Waals surface area (Å²) in [6.45, 7) is 1.64. The van der Waals surface area contributed by atoms with Gasteiger partial charge in [-0.2, -0.15) is 5.10 Å². The van der Waals surface area contributed by atoms with E-state index < -0.39 is 0 Å². The number of hydrogen-bond acceptors (Lipinski definition) is 5. The van der Waals surface area contributed by atoms with Crippen LogP contribution in [0.5, 0.6) is 5.75 Å². The van der Waals surface area contributed by atoms with Gasteiger partial charge in [-0.05, 0) is 59.0 Å². The summed E-state index contributed by atoms with van der Waals surface area (Å²) in [5.74, 6) is 0.0966. The smallest absolute Gasteiger partial charge is 0.277 e. The van der Waals surface area contributed by atoms with Gasteiger partial charge in [0, 0.05) is 5.69 Å². The fraction of sp³-hybridized carbons (Fsp3) is 0.0800. The minimum atomic E-state index is -0.361. The Labute approximate surface area is 189 Å². The van der Waals surface area contributed by atoms with Crippen LogP contribution in [0.2, 0.25) is 0 Å². The molecule has 0 aliphatic heterocycles. The van der Waals surface area contributed by atoms with Crippen LogP contribution in [-0.4, -0.2) is 24.1 Å². The molecule has 32 heavy (non-hydrogen) atoms. The standard InChI is InChI=1S/C25H21N3O3S/c1-17(19-8-4-9-21(14-19)26-25(30)23-10-5-13-32-23)27-28-24(29)16-31-22-12-11-18-6-2-3-7-20(18)15-22/h2-15H,16H2,1H3,(H,26,30)(H,28,29). The first-order valence-corrected chi connectivity index (χ1v) is 10.9. The minimum Gasteiger partial charge on any atom is -0.484 e. The molecule has 0 radical (unpaired) electrons. The predicted molar refractivity (Wildman–Crippen MR) is 129 cm³/mol. The second kappa shape index (κ2) is 9.89. The molecule has 1 heterocycles. The third kappa shape index (κ3) is 5.39. The number of amides is 2. The highest BCUT2D eigenvalue weighted by Gasteiger charge is 2.08. The third-order valence-electron chi connectivity index (χ3n) is 4.72. The fourth-order valence-electron chi connectivity index (χ4n) is 3.07. The maximum absolute atomic E-state index is 12.2. The number of hydrazone groups is 1. The highest BCUT2D eigenvalue weighted by atomic mass is 32.1. The van der Waals surface area contributed by atoms with E-state index in [1.807, 2.05) is 72.1 Å². The molecule has 2 amide bonds. The summed E-state index contributed by atoms with van der Waals surface area (Å²) in [4.78, 5) is 25.0. The number of fused-ring (bicyclic) bond motifs is 1. The molecule has 0 atom stereocenters. The Hall–Kier alpha value is -3.97. The normalized spacial score (nSPS) is 11.2. The first-order valence-electron chi connectivity index (χ1n) is 9.98. The molecule has 0 bridgehead atoms. The van der Waals surface area contributed by atoms with E-state index in [9.17, 15) is 9.59 Å². The Morgan fingerprint density at radius 3 is 2.59 bits per heavy atom. The van der Waals surface area contributed by atoms with Crippen molar-refractivity contribution in [3.63, 3.8) is 0 Å². The largest absolute Gasteiger partial charge is 0.484 e. The number of nitrogens with one attached hydrogen (secondary N) is 2. The fourth-order valence-corrected chi connectivity index (χ4v) is 3.69. The van der Waals surface area contributed by atoms with E-state index in [0.29, 0.717) is 22.0 Å². The third-order valence-corrected chi connectivity index (χ3v) is 5.59. The maximum Gasteiger partial charge on any atom is 0.277 e. The van der Waals surface area contributed by atoms with Gasteiger partial charge in [-0.1, -0.05) is 48.5 Å². The molecule has 160 valence electrons. The van der Waals surface area contributed by atoms with Crippen LogP contribution < -0.4 is 15.5 Å². The number of carbonyl (C=O) groups excluding carboxylic acids is 2. The van der Waals surface area contributed by atoms with Gasteiger partial charge in [0.25, 0.3) is 11.8 Å². The zero-order valence-electron chi connectivity index (χ0n) is 17.4. The van der Waals surface area contributed by atoms with Gasteiger partial charge in [-0.15, -0.1) is 11.3 Å². The lowest BCUT2D eigenvalue weighted by Crippen LogP contribution is -2.25. The van der Waals surface area contributed by atoms with Gasteiger partial charge in [0.2, 0.25) is 0 Å². The second-order valence-corrected chi connectivity index (χ2v) is 7.99. The van der Waals surface area contributed by atoms with Crippen LogP contribution in [-0.2, 0) is 4.79 Å². The Kier molecular flexibility index (Phi) is 6.57. The number of ether oxygens (including phenoxy) is 1. The van der Waals surface area contributed by atoms with E-state index in [1.165, 1.54) is 11.3 Å². The lowest BCUT2D eigenvalue weighted by atomic mass is 10.1. The molecular formula is C25H21N3O3S. The van der Waals surface area contributed by atoms with Crippen molar-refractivity contribution in [2.75, 3.05) is 11.9 Å². The van der Waals surface area contributed by atoms with E-state index in [2.05, 4.69) is 15.8 Å². The van der Waals surface area contributed by atoms with Gasteiger partial charge in [0.1, 0.15) is 5.75 Å². The molecule has 1 aromatic heterocycles. The number of anilines is 1. The van der Waals surface area contributed by atoms with Crippen molar-refractivity contribution in [1.82, 2.24) is 5.43 Å². The summed E-state index contributed by atoms with van der Waals surface area (Å²) < 4.78 is 5.58. The van der Waals surface area contributed by atoms with Crippen LogP contribution >= 0.6 is 11.3 Å². The van der Waals surface area contributed by atoms with E-state index >= 15 is 0 Å². The molecule has 4 rings (SSSR count). The van der Waals surface area contributed by atoms with Crippen molar-refractivity contribution in [2.24, 2.45) is 5.10 Å². The molecule has 0 saturated heterocycles. The topological polar surface area (TPSA) is 79.8 Å². The van der Waals surface area contributed by atoms with Gasteiger partial charge in [0.05, 0.1) is 10.6 Å².